The van der Waals surface area contributed by atoms with Crippen molar-refractivity contribution in [3.05, 3.63) is 60.2 Å². The summed E-state index contributed by atoms with van der Waals surface area (Å²) in [7, 11) is 0. The van der Waals surface area contributed by atoms with Gasteiger partial charge in [-0.25, -0.2) is 15.0 Å². The monoisotopic (exact) mass is 468 g/mol. The van der Waals surface area contributed by atoms with Crippen LogP contribution in [0.15, 0.2) is 49.1 Å². The van der Waals surface area contributed by atoms with Gasteiger partial charge in [-0.05, 0) is 36.6 Å². The number of benzene rings is 1. The molecule has 1 aliphatic rings. The Morgan fingerprint density at radius 1 is 0.941 bits per heavy atom. The maximum absolute atomic E-state index is 13.1. The van der Waals surface area contributed by atoms with Crippen LogP contribution in [0.4, 0.5) is 30.9 Å². The highest BCUT2D eigenvalue weighted by atomic mass is 19.4. The van der Waals surface area contributed by atoms with Gasteiger partial charge < -0.3 is 9.88 Å². The molecule has 0 radical (unpaired) electrons. The molecule has 0 amide bonds. The van der Waals surface area contributed by atoms with Gasteiger partial charge in [0.2, 0.25) is 11.9 Å². The topological polar surface area (TPSA) is 93.4 Å². The highest BCUT2D eigenvalue weighted by Crippen LogP contribution is 2.33. The van der Waals surface area contributed by atoms with Crippen LogP contribution in [-0.2, 0) is 12.7 Å². The molecule has 0 spiro atoms. The van der Waals surface area contributed by atoms with Gasteiger partial charge in [0.05, 0.1) is 11.9 Å². The van der Waals surface area contributed by atoms with E-state index in [1.807, 2.05) is 0 Å². The first-order valence-corrected chi connectivity index (χ1v) is 11.2. The Labute approximate surface area is 193 Å². The molecule has 2 N–H and O–H groups in total. The number of halogens is 3. The van der Waals surface area contributed by atoms with Gasteiger partial charge in [0, 0.05) is 25.0 Å². The summed E-state index contributed by atoms with van der Waals surface area (Å²) in [5.41, 5.74) is 1.02. The lowest BCUT2D eigenvalue weighted by atomic mass is 9.95. The molecule has 3 heterocycles. The van der Waals surface area contributed by atoms with Crippen molar-refractivity contribution in [3.8, 4) is 0 Å². The minimum absolute atomic E-state index is 0.146. The zero-order valence-electron chi connectivity index (χ0n) is 18.3. The normalized spacial score (nSPS) is 14.9. The van der Waals surface area contributed by atoms with Crippen molar-refractivity contribution in [2.75, 3.05) is 10.6 Å². The quantitative estimate of drug-likeness (QED) is 0.386. The fourth-order valence-electron chi connectivity index (χ4n) is 4.23. The van der Waals surface area contributed by atoms with E-state index in [9.17, 15) is 13.2 Å². The van der Waals surface area contributed by atoms with Gasteiger partial charge in [-0.3, -0.25) is 5.32 Å². The van der Waals surface area contributed by atoms with E-state index in [1.54, 1.807) is 30.9 Å². The van der Waals surface area contributed by atoms with Crippen LogP contribution >= 0.6 is 0 Å². The van der Waals surface area contributed by atoms with Gasteiger partial charge in [0.15, 0.2) is 17.0 Å². The number of imidazole rings is 1. The lowest BCUT2D eigenvalue weighted by Gasteiger charge is -2.23. The smallest absolute Gasteiger partial charge is 0.364 e. The Hall–Kier alpha value is -3.76. The van der Waals surface area contributed by atoms with Gasteiger partial charge >= 0.3 is 6.18 Å². The van der Waals surface area contributed by atoms with E-state index in [-0.39, 0.29) is 12.5 Å². The fourth-order valence-corrected chi connectivity index (χ4v) is 4.23. The fraction of sp³-hybridized carbons (Fsp3) is 0.348. The summed E-state index contributed by atoms with van der Waals surface area (Å²) < 4.78 is 41.4. The molecule has 0 saturated heterocycles. The Morgan fingerprint density at radius 2 is 1.74 bits per heavy atom. The highest BCUT2D eigenvalue weighted by molar-refractivity contribution is 5.84. The van der Waals surface area contributed by atoms with E-state index in [1.165, 1.54) is 12.5 Å². The lowest BCUT2D eigenvalue weighted by Crippen LogP contribution is -2.13. The van der Waals surface area contributed by atoms with Crippen LogP contribution in [0.1, 0.15) is 49.3 Å². The van der Waals surface area contributed by atoms with Gasteiger partial charge in [0.1, 0.15) is 0 Å². The molecule has 176 valence electrons. The number of aromatic nitrogens is 6. The van der Waals surface area contributed by atoms with E-state index in [0.29, 0.717) is 34.5 Å². The molecule has 0 bridgehead atoms. The van der Waals surface area contributed by atoms with Crippen molar-refractivity contribution >= 4 is 28.9 Å². The molecule has 11 heteroatoms. The first-order chi connectivity index (χ1) is 16.5. The molecule has 34 heavy (non-hydrogen) atoms. The predicted molar refractivity (Wildman–Crippen MR) is 122 cm³/mol. The Bertz CT molecular complexity index is 1270. The zero-order valence-corrected chi connectivity index (χ0v) is 18.3. The molecule has 3 aromatic heterocycles. The van der Waals surface area contributed by atoms with Crippen molar-refractivity contribution in [3.63, 3.8) is 0 Å². The second kappa shape index (κ2) is 9.24. The van der Waals surface area contributed by atoms with Crippen molar-refractivity contribution in [2.24, 2.45) is 0 Å². The summed E-state index contributed by atoms with van der Waals surface area (Å²) in [6.45, 7) is 0.146. The number of fused-ring (bicyclic) bond motifs is 1. The van der Waals surface area contributed by atoms with E-state index in [2.05, 4.69) is 40.1 Å². The predicted octanol–water partition coefficient (Wildman–Crippen LogP) is 5.50. The van der Waals surface area contributed by atoms with Crippen molar-refractivity contribution in [2.45, 2.75) is 50.9 Å². The third-order valence-electron chi connectivity index (χ3n) is 5.89. The van der Waals surface area contributed by atoms with Crippen molar-refractivity contribution in [1.29, 1.82) is 0 Å². The van der Waals surface area contributed by atoms with Crippen molar-refractivity contribution < 1.29 is 13.2 Å². The average Bonchev–Trinajstić information content (AvgIpc) is 3.27. The Kier molecular flexibility index (Phi) is 5.99. The van der Waals surface area contributed by atoms with Crippen LogP contribution in [-0.4, -0.2) is 29.5 Å². The molecule has 4 aromatic rings. The summed E-state index contributed by atoms with van der Waals surface area (Å²) in [6, 6.07) is 7.22. The molecular weight excluding hydrogens is 445 g/mol. The Morgan fingerprint density at radius 3 is 2.50 bits per heavy atom. The van der Waals surface area contributed by atoms with Gasteiger partial charge in [-0.15, -0.1) is 0 Å². The minimum Gasteiger partial charge on any atom is -0.364 e. The van der Waals surface area contributed by atoms with Crippen LogP contribution in [0.25, 0.3) is 11.2 Å². The SMILES string of the molecule is FC(F)(F)c1cccc(CNc2nc(Nc3ncccn3)nc3c2ncn3C2CCCCC2)c1. The third kappa shape index (κ3) is 4.78. The summed E-state index contributed by atoms with van der Waals surface area (Å²) in [5.74, 6) is 1.05. The molecule has 1 aliphatic carbocycles. The third-order valence-corrected chi connectivity index (χ3v) is 5.89. The maximum atomic E-state index is 13.1. The van der Waals surface area contributed by atoms with Crippen molar-refractivity contribution in [1.82, 2.24) is 29.5 Å². The number of hydrogen-bond acceptors (Lipinski definition) is 7. The number of alkyl halides is 3. The number of nitrogens with one attached hydrogen (secondary N) is 2. The van der Waals surface area contributed by atoms with E-state index in [0.717, 1.165) is 37.8 Å². The largest absolute Gasteiger partial charge is 0.416 e. The van der Waals surface area contributed by atoms with Crippen LogP contribution in [0.5, 0.6) is 0 Å². The minimum atomic E-state index is -4.40. The number of nitrogens with zero attached hydrogens (tertiary/aromatic N) is 6. The number of anilines is 3. The molecule has 1 fully saturated rings. The summed E-state index contributed by atoms with van der Waals surface area (Å²) in [4.78, 5) is 22.1. The molecule has 8 nitrogen and oxygen atoms in total. The second-order valence-electron chi connectivity index (χ2n) is 8.26. The van der Waals surface area contributed by atoms with Crippen LogP contribution < -0.4 is 10.6 Å². The lowest BCUT2D eigenvalue weighted by molar-refractivity contribution is -0.137. The van der Waals surface area contributed by atoms with E-state index in [4.69, 9.17) is 0 Å². The standard InChI is InChI=1S/C23H23F3N8/c24-23(25,26)16-7-4-6-15(12-16)13-29-19-18-20(34(14-30-18)17-8-2-1-3-9-17)32-22(31-19)33-21-27-10-5-11-28-21/h4-7,10-12,14,17H,1-3,8-9,13H2,(H2,27,28,29,31,32,33). The van der Waals surface area contributed by atoms with Crippen LogP contribution in [0.2, 0.25) is 0 Å². The number of rotatable bonds is 6. The van der Waals surface area contributed by atoms with E-state index >= 15 is 0 Å². The summed E-state index contributed by atoms with van der Waals surface area (Å²) in [6.07, 6.45) is 6.20. The first kappa shape index (κ1) is 22.1. The molecular formula is C23H23F3N8. The van der Waals surface area contributed by atoms with Gasteiger partial charge in [-0.2, -0.15) is 23.1 Å². The average molecular weight is 468 g/mol. The molecule has 1 saturated carbocycles. The molecule has 5 rings (SSSR count). The van der Waals surface area contributed by atoms with Gasteiger partial charge in [0.25, 0.3) is 0 Å². The molecule has 0 unspecified atom stereocenters. The van der Waals surface area contributed by atoms with Crippen LogP contribution in [0, 0.1) is 0 Å². The molecule has 1 aromatic carbocycles. The zero-order chi connectivity index (χ0) is 23.5. The van der Waals surface area contributed by atoms with E-state index < -0.39 is 11.7 Å². The molecule has 0 aliphatic heterocycles. The summed E-state index contributed by atoms with van der Waals surface area (Å²) >= 11 is 0. The van der Waals surface area contributed by atoms with Crippen LogP contribution in [0.3, 0.4) is 0 Å². The molecule has 0 atom stereocenters. The second-order valence-corrected chi connectivity index (χ2v) is 8.26. The maximum Gasteiger partial charge on any atom is 0.416 e. The number of hydrogen-bond donors (Lipinski definition) is 2. The summed E-state index contributed by atoms with van der Waals surface area (Å²) in [5, 5.41) is 6.16. The Balaban J connectivity index is 1.48. The first-order valence-electron chi connectivity index (χ1n) is 11.2. The van der Waals surface area contributed by atoms with Gasteiger partial charge in [-0.1, -0.05) is 31.4 Å². The highest BCUT2D eigenvalue weighted by Gasteiger charge is 2.30.